The van der Waals surface area contributed by atoms with Gasteiger partial charge in [0.1, 0.15) is 24.7 Å². The van der Waals surface area contributed by atoms with Gasteiger partial charge in [0, 0.05) is 23.3 Å². The minimum Gasteiger partial charge on any atom is -0.486 e. The maximum absolute atomic E-state index is 12.4. The van der Waals surface area contributed by atoms with Crippen molar-refractivity contribution in [1.29, 1.82) is 0 Å². The molecule has 1 aliphatic rings. The quantitative estimate of drug-likeness (QED) is 0.683. The minimum atomic E-state index is -0.359. The molecule has 0 radical (unpaired) electrons. The van der Waals surface area contributed by atoms with E-state index >= 15 is 0 Å². The van der Waals surface area contributed by atoms with Gasteiger partial charge in [-0.3, -0.25) is 4.79 Å². The predicted octanol–water partition coefficient (Wildman–Crippen LogP) is 3.77. The molecule has 28 heavy (non-hydrogen) atoms. The van der Waals surface area contributed by atoms with Gasteiger partial charge in [0.25, 0.3) is 5.91 Å². The molecule has 0 spiro atoms. The Morgan fingerprint density at radius 3 is 2.64 bits per heavy atom. The highest BCUT2D eigenvalue weighted by Crippen LogP contribution is 2.32. The number of fused-ring (bicyclic) bond motifs is 1. The topological polar surface area (TPSA) is 85.4 Å². The first-order valence-corrected chi connectivity index (χ1v) is 9.07. The number of carbonyl (C=O) groups excluding carboxylic acids is 1. The van der Waals surface area contributed by atoms with Gasteiger partial charge in [-0.2, -0.15) is 0 Å². The highest BCUT2D eigenvalue weighted by Gasteiger charge is 2.14. The first-order chi connectivity index (χ1) is 13.7. The maximum Gasteiger partial charge on any atom is 0.275 e. The van der Waals surface area contributed by atoms with Crippen LogP contribution < -0.4 is 20.1 Å². The summed E-state index contributed by atoms with van der Waals surface area (Å²) < 4.78 is 11.0. The van der Waals surface area contributed by atoms with Crippen molar-refractivity contribution in [3.05, 3.63) is 71.1 Å². The lowest BCUT2D eigenvalue weighted by Crippen LogP contribution is -2.17. The van der Waals surface area contributed by atoms with E-state index in [2.05, 4.69) is 20.6 Å². The Morgan fingerprint density at radius 1 is 1.04 bits per heavy atom. The Hall–Kier alpha value is -3.32. The van der Waals surface area contributed by atoms with Crippen LogP contribution in [0.15, 0.2) is 54.9 Å². The summed E-state index contributed by atoms with van der Waals surface area (Å²) in [6, 6.07) is 12.8. The molecule has 0 saturated heterocycles. The summed E-state index contributed by atoms with van der Waals surface area (Å²) in [5, 5.41) is 6.59. The number of amides is 1. The summed E-state index contributed by atoms with van der Waals surface area (Å²) in [6.07, 6.45) is 2.93. The molecule has 7 nitrogen and oxygen atoms in total. The van der Waals surface area contributed by atoms with E-state index in [1.54, 1.807) is 18.2 Å². The summed E-state index contributed by atoms with van der Waals surface area (Å²) >= 11 is 6.13. The monoisotopic (exact) mass is 396 g/mol. The van der Waals surface area contributed by atoms with Crippen molar-refractivity contribution in [2.24, 2.45) is 0 Å². The summed E-state index contributed by atoms with van der Waals surface area (Å²) in [7, 11) is 0. The molecule has 2 N–H and O–H groups in total. The standard InChI is InChI=1S/C20H17ClN4O3/c21-15-4-2-1-3-13(15)10-23-19-12-22-16(11-24-19)20(26)25-14-5-6-17-18(9-14)28-8-7-27-17/h1-6,9,11-12H,7-8,10H2,(H,23,24)(H,25,26). The number of hydrogen-bond donors (Lipinski definition) is 2. The molecule has 0 bridgehead atoms. The molecule has 0 saturated carbocycles. The minimum absolute atomic E-state index is 0.207. The molecule has 0 unspecified atom stereocenters. The van der Waals surface area contributed by atoms with Crippen LogP contribution in [-0.2, 0) is 6.54 Å². The third kappa shape index (κ3) is 4.15. The zero-order valence-corrected chi connectivity index (χ0v) is 15.6. The average molecular weight is 397 g/mol. The van der Waals surface area contributed by atoms with E-state index in [0.717, 1.165) is 5.56 Å². The molecule has 8 heteroatoms. The normalized spacial score (nSPS) is 12.3. The Kier molecular flexibility index (Phi) is 5.25. The summed E-state index contributed by atoms with van der Waals surface area (Å²) in [6.45, 7) is 1.51. The van der Waals surface area contributed by atoms with E-state index in [-0.39, 0.29) is 11.6 Å². The molecular formula is C20H17ClN4O3. The first kappa shape index (κ1) is 18.1. The molecule has 2 heterocycles. The fourth-order valence-electron chi connectivity index (χ4n) is 2.68. The lowest BCUT2D eigenvalue weighted by Gasteiger charge is -2.18. The van der Waals surface area contributed by atoms with Crippen LogP contribution in [0.4, 0.5) is 11.5 Å². The van der Waals surface area contributed by atoms with E-state index in [1.807, 2.05) is 24.3 Å². The van der Waals surface area contributed by atoms with Crippen LogP contribution in [0.1, 0.15) is 16.1 Å². The highest BCUT2D eigenvalue weighted by molar-refractivity contribution is 6.31. The third-order valence-electron chi connectivity index (χ3n) is 4.10. The zero-order valence-electron chi connectivity index (χ0n) is 14.8. The first-order valence-electron chi connectivity index (χ1n) is 8.69. The van der Waals surface area contributed by atoms with E-state index in [0.29, 0.717) is 47.8 Å². The third-order valence-corrected chi connectivity index (χ3v) is 4.47. The van der Waals surface area contributed by atoms with Crippen molar-refractivity contribution in [3.63, 3.8) is 0 Å². The van der Waals surface area contributed by atoms with Crippen molar-refractivity contribution in [2.75, 3.05) is 23.8 Å². The molecule has 1 aliphatic heterocycles. The van der Waals surface area contributed by atoms with E-state index in [1.165, 1.54) is 12.4 Å². The lowest BCUT2D eigenvalue weighted by molar-refractivity contribution is 0.102. The fraction of sp³-hybridized carbons (Fsp3) is 0.150. The zero-order chi connectivity index (χ0) is 19.3. The number of hydrogen-bond acceptors (Lipinski definition) is 6. The van der Waals surface area contributed by atoms with Gasteiger partial charge < -0.3 is 20.1 Å². The fourth-order valence-corrected chi connectivity index (χ4v) is 2.88. The number of ether oxygens (including phenoxy) is 2. The van der Waals surface area contributed by atoms with Gasteiger partial charge in [-0.25, -0.2) is 9.97 Å². The van der Waals surface area contributed by atoms with Gasteiger partial charge in [-0.05, 0) is 23.8 Å². The molecule has 3 aromatic rings. The second-order valence-electron chi connectivity index (χ2n) is 6.04. The van der Waals surface area contributed by atoms with Gasteiger partial charge in [0.05, 0.1) is 12.4 Å². The van der Waals surface area contributed by atoms with Crippen LogP contribution >= 0.6 is 11.6 Å². The summed E-state index contributed by atoms with van der Waals surface area (Å²) in [4.78, 5) is 20.8. The lowest BCUT2D eigenvalue weighted by atomic mass is 10.2. The Morgan fingerprint density at radius 2 is 1.86 bits per heavy atom. The Balaban J connectivity index is 1.38. The van der Waals surface area contributed by atoms with Crippen LogP contribution in [0.25, 0.3) is 0 Å². The predicted molar refractivity (Wildman–Crippen MR) is 106 cm³/mol. The molecule has 142 valence electrons. The molecule has 4 rings (SSSR count). The number of nitrogens with one attached hydrogen (secondary N) is 2. The van der Waals surface area contributed by atoms with Crippen LogP contribution in [0.3, 0.4) is 0 Å². The van der Waals surface area contributed by atoms with Gasteiger partial charge in [0.2, 0.25) is 0 Å². The number of anilines is 2. The molecule has 0 fully saturated rings. The Bertz CT molecular complexity index is 995. The van der Waals surface area contributed by atoms with Gasteiger partial charge in [-0.1, -0.05) is 29.8 Å². The van der Waals surface area contributed by atoms with E-state index in [9.17, 15) is 4.79 Å². The van der Waals surface area contributed by atoms with Crippen LogP contribution in [0, 0.1) is 0 Å². The van der Waals surface area contributed by atoms with Crippen molar-refractivity contribution >= 4 is 29.0 Å². The molecule has 0 atom stereocenters. The summed E-state index contributed by atoms with van der Waals surface area (Å²) in [5.41, 5.74) is 1.75. The average Bonchev–Trinajstić information content (AvgIpc) is 2.73. The van der Waals surface area contributed by atoms with Crippen molar-refractivity contribution < 1.29 is 14.3 Å². The van der Waals surface area contributed by atoms with Crippen molar-refractivity contribution in [3.8, 4) is 11.5 Å². The van der Waals surface area contributed by atoms with Gasteiger partial charge >= 0.3 is 0 Å². The van der Waals surface area contributed by atoms with Gasteiger partial charge in [0.15, 0.2) is 11.5 Å². The van der Waals surface area contributed by atoms with Crippen LogP contribution in [0.5, 0.6) is 11.5 Å². The largest absolute Gasteiger partial charge is 0.486 e. The number of halogens is 1. The Labute approximate surface area is 166 Å². The van der Waals surface area contributed by atoms with Crippen LogP contribution in [-0.4, -0.2) is 29.1 Å². The molecule has 1 amide bonds. The highest BCUT2D eigenvalue weighted by atomic mass is 35.5. The second kappa shape index (κ2) is 8.14. The number of rotatable bonds is 5. The molecular weight excluding hydrogens is 380 g/mol. The number of aromatic nitrogens is 2. The van der Waals surface area contributed by atoms with Crippen LogP contribution in [0.2, 0.25) is 5.02 Å². The van der Waals surface area contributed by atoms with Crippen molar-refractivity contribution in [2.45, 2.75) is 6.54 Å². The number of nitrogens with zero attached hydrogens (tertiary/aromatic N) is 2. The smallest absolute Gasteiger partial charge is 0.275 e. The number of benzene rings is 2. The second-order valence-corrected chi connectivity index (χ2v) is 6.45. The molecule has 2 aromatic carbocycles. The van der Waals surface area contributed by atoms with E-state index < -0.39 is 0 Å². The molecule has 1 aromatic heterocycles. The van der Waals surface area contributed by atoms with Gasteiger partial charge in [-0.15, -0.1) is 0 Å². The molecule has 0 aliphatic carbocycles. The summed E-state index contributed by atoms with van der Waals surface area (Å²) in [5.74, 6) is 1.46. The van der Waals surface area contributed by atoms with Crippen molar-refractivity contribution in [1.82, 2.24) is 9.97 Å². The maximum atomic E-state index is 12.4. The van der Waals surface area contributed by atoms with E-state index in [4.69, 9.17) is 21.1 Å². The number of carbonyl (C=O) groups is 1. The SMILES string of the molecule is O=C(Nc1ccc2c(c1)OCCO2)c1cnc(NCc2ccccc2Cl)cn1.